The van der Waals surface area contributed by atoms with E-state index in [0.29, 0.717) is 6.04 Å². The summed E-state index contributed by atoms with van der Waals surface area (Å²) in [6.45, 7) is 2.04. The fraction of sp³-hybridized carbons (Fsp3) is 0.357. The van der Waals surface area contributed by atoms with Gasteiger partial charge >= 0.3 is 0 Å². The van der Waals surface area contributed by atoms with Gasteiger partial charge in [0.2, 0.25) is 0 Å². The summed E-state index contributed by atoms with van der Waals surface area (Å²) in [6, 6.07) is 6.47. The van der Waals surface area contributed by atoms with E-state index in [4.69, 9.17) is 11.6 Å². The molecule has 3 rings (SSSR count). The Morgan fingerprint density at radius 1 is 1.47 bits per heavy atom. The lowest BCUT2D eigenvalue weighted by Gasteiger charge is -2.17. The van der Waals surface area contributed by atoms with Gasteiger partial charge in [-0.25, -0.2) is 4.98 Å². The zero-order chi connectivity index (χ0) is 13.1. The minimum Gasteiger partial charge on any atom is -0.382 e. The van der Waals surface area contributed by atoms with Crippen LogP contribution in [0.2, 0.25) is 5.02 Å². The molecule has 4 nitrogen and oxygen atoms in total. The van der Waals surface area contributed by atoms with Crippen molar-refractivity contribution in [2.24, 2.45) is 0 Å². The third kappa shape index (κ3) is 2.74. The zero-order valence-electron chi connectivity index (χ0n) is 10.6. The van der Waals surface area contributed by atoms with Gasteiger partial charge in [-0.3, -0.25) is 0 Å². The maximum atomic E-state index is 6.31. The van der Waals surface area contributed by atoms with Gasteiger partial charge in [0.25, 0.3) is 0 Å². The van der Waals surface area contributed by atoms with Crippen molar-refractivity contribution >= 4 is 17.3 Å². The quantitative estimate of drug-likeness (QED) is 0.902. The number of halogens is 1. The van der Waals surface area contributed by atoms with Crippen molar-refractivity contribution in [3.05, 3.63) is 41.9 Å². The van der Waals surface area contributed by atoms with E-state index in [9.17, 15) is 0 Å². The van der Waals surface area contributed by atoms with Crippen LogP contribution < -0.4 is 10.6 Å². The lowest BCUT2D eigenvalue weighted by atomic mass is 10.2. The van der Waals surface area contributed by atoms with Crippen molar-refractivity contribution in [3.63, 3.8) is 0 Å². The Bertz CT molecular complexity index is 532. The second-order valence-corrected chi connectivity index (χ2v) is 5.19. The second kappa shape index (κ2) is 5.63. The summed E-state index contributed by atoms with van der Waals surface area (Å²) in [5, 5.41) is 7.69. The number of hydrogen-bond donors (Lipinski definition) is 2. The largest absolute Gasteiger partial charge is 0.382 e. The van der Waals surface area contributed by atoms with Crippen LogP contribution in [-0.2, 0) is 0 Å². The number of nitrogens with one attached hydrogen (secondary N) is 2. The molecule has 0 bridgehead atoms. The molecule has 2 aromatic rings. The van der Waals surface area contributed by atoms with Crippen molar-refractivity contribution < 1.29 is 0 Å². The van der Waals surface area contributed by atoms with Crippen molar-refractivity contribution in [3.8, 4) is 5.69 Å². The number of nitrogens with zero attached hydrogens (tertiary/aromatic N) is 2. The smallest absolute Gasteiger partial charge is 0.0992 e. The van der Waals surface area contributed by atoms with Crippen LogP contribution in [0.1, 0.15) is 12.8 Å². The molecule has 1 aromatic carbocycles. The third-order valence-electron chi connectivity index (χ3n) is 3.45. The summed E-state index contributed by atoms with van der Waals surface area (Å²) in [5.41, 5.74) is 2.00. The number of rotatable bonds is 4. The van der Waals surface area contributed by atoms with Crippen molar-refractivity contribution in [2.45, 2.75) is 18.9 Å². The van der Waals surface area contributed by atoms with Crippen LogP contribution in [0.3, 0.4) is 0 Å². The van der Waals surface area contributed by atoms with Crippen molar-refractivity contribution in [2.75, 3.05) is 18.4 Å². The van der Waals surface area contributed by atoms with Crippen LogP contribution in [0, 0.1) is 0 Å². The highest BCUT2D eigenvalue weighted by molar-refractivity contribution is 6.33. The summed E-state index contributed by atoms with van der Waals surface area (Å²) < 4.78 is 1.94. The van der Waals surface area contributed by atoms with E-state index in [1.165, 1.54) is 12.8 Å². The molecule has 5 heteroatoms. The monoisotopic (exact) mass is 276 g/mol. The van der Waals surface area contributed by atoms with Gasteiger partial charge in [-0.15, -0.1) is 0 Å². The molecule has 1 aliphatic heterocycles. The van der Waals surface area contributed by atoms with Gasteiger partial charge in [-0.1, -0.05) is 17.7 Å². The number of hydrogen-bond acceptors (Lipinski definition) is 3. The normalized spacial score (nSPS) is 18.7. The molecule has 1 saturated heterocycles. The predicted octanol–water partition coefficient (Wildman–Crippen LogP) is 2.69. The Kier molecular flexibility index (Phi) is 3.71. The first-order valence-electron chi connectivity index (χ1n) is 6.59. The fourth-order valence-corrected chi connectivity index (χ4v) is 2.75. The molecule has 2 N–H and O–H groups in total. The number of anilines is 1. The van der Waals surface area contributed by atoms with Crippen LogP contribution in [-0.4, -0.2) is 28.7 Å². The molecule has 100 valence electrons. The highest BCUT2D eigenvalue weighted by Crippen LogP contribution is 2.28. The first-order valence-corrected chi connectivity index (χ1v) is 6.96. The molecular weight excluding hydrogens is 260 g/mol. The standard InChI is InChI=1S/C14H17ClN4/c15-12-4-1-5-13(14(12)19-8-7-16-10-19)18-9-11-3-2-6-17-11/h1,4-5,7-8,10-11,17-18H,2-3,6,9H2. The zero-order valence-corrected chi connectivity index (χ0v) is 11.4. The molecule has 0 saturated carbocycles. The topological polar surface area (TPSA) is 41.9 Å². The van der Waals surface area contributed by atoms with E-state index in [2.05, 4.69) is 21.7 Å². The molecule has 0 amide bonds. The maximum Gasteiger partial charge on any atom is 0.0992 e. The molecule has 19 heavy (non-hydrogen) atoms. The Hall–Kier alpha value is -1.52. The van der Waals surface area contributed by atoms with E-state index in [1.54, 1.807) is 12.5 Å². The lowest BCUT2D eigenvalue weighted by Crippen LogP contribution is -2.29. The van der Waals surface area contributed by atoms with Gasteiger partial charge in [-0.05, 0) is 31.5 Å². The van der Waals surface area contributed by atoms with Crippen molar-refractivity contribution in [1.29, 1.82) is 0 Å². The molecule has 0 radical (unpaired) electrons. The number of imidazole rings is 1. The van der Waals surface area contributed by atoms with Crippen LogP contribution in [0.15, 0.2) is 36.9 Å². The summed E-state index contributed by atoms with van der Waals surface area (Å²) in [5.74, 6) is 0. The second-order valence-electron chi connectivity index (χ2n) is 4.78. The van der Waals surface area contributed by atoms with E-state index in [0.717, 1.165) is 29.5 Å². The van der Waals surface area contributed by atoms with Crippen molar-refractivity contribution in [1.82, 2.24) is 14.9 Å². The van der Waals surface area contributed by atoms with Crippen LogP contribution >= 0.6 is 11.6 Å². The minimum absolute atomic E-state index is 0.551. The molecule has 1 aromatic heterocycles. The molecule has 2 heterocycles. The molecular formula is C14H17ClN4. The van der Waals surface area contributed by atoms with Crippen LogP contribution in [0.5, 0.6) is 0 Å². The summed E-state index contributed by atoms with van der Waals surface area (Å²) in [6.07, 6.45) is 7.91. The first kappa shape index (κ1) is 12.5. The molecule has 0 aliphatic carbocycles. The highest BCUT2D eigenvalue weighted by Gasteiger charge is 2.15. The third-order valence-corrected chi connectivity index (χ3v) is 3.76. The van der Waals surface area contributed by atoms with Crippen LogP contribution in [0.4, 0.5) is 5.69 Å². The van der Waals surface area contributed by atoms with E-state index in [1.807, 2.05) is 22.9 Å². The van der Waals surface area contributed by atoms with Crippen LogP contribution in [0.25, 0.3) is 5.69 Å². The molecule has 0 spiro atoms. The molecule has 1 aliphatic rings. The van der Waals surface area contributed by atoms with E-state index in [-0.39, 0.29) is 0 Å². The van der Waals surface area contributed by atoms with Gasteiger partial charge in [0, 0.05) is 25.0 Å². The average Bonchev–Trinajstić information content (AvgIpc) is 3.09. The van der Waals surface area contributed by atoms with Gasteiger partial charge in [-0.2, -0.15) is 0 Å². The Morgan fingerprint density at radius 2 is 2.42 bits per heavy atom. The summed E-state index contributed by atoms with van der Waals surface area (Å²) in [4.78, 5) is 4.08. The van der Waals surface area contributed by atoms with Gasteiger partial charge in [0.15, 0.2) is 0 Å². The maximum absolute atomic E-state index is 6.31. The number of benzene rings is 1. The molecule has 1 fully saturated rings. The lowest BCUT2D eigenvalue weighted by molar-refractivity contribution is 0.633. The van der Waals surface area contributed by atoms with Gasteiger partial charge in [0.05, 0.1) is 22.7 Å². The summed E-state index contributed by atoms with van der Waals surface area (Å²) >= 11 is 6.31. The van der Waals surface area contributed by atoms with E-state index < -0.39 is 0 Å². The Morgan fingerprint density at radius 3 is 3.16 bits per heavy atom. The highest BCUT2D eigenvalue weighted by atomic mass is 35.5. The first-order chi connectivity index (χ1) is 9.34. The molecule has 1 atom stereocenters. The number of aromatic nitrogens is 2. The summed E-state index contributed by atoms with van der Waals surface area (Å²) in [7, 11) is 0. The predicted molar refractivity (Wildman–Crippen MR) is 78.1 cm³/mol. The van der Waals surface area contributed by atoms with E-state index >= 15 is 0 Å². The van der Waals surface area contributed by atoms with Gasteiger partial charge in [0.1, 0.15) is 0 Å². The average molecular weight is 277 g/mol. The Balaban J connectivity index is 1.82. The Labute approximate surface area is 117 Å². The fourth-order valence-electron chi connectivity index (χ4n) is 2.48. The van der Waals surface area contributed by atoms with Gasteiger partial charge < -0.3 is 15.2 Å². The number of para-hydroxylation sites is 1. The minimum atomic E-state index is 0.551. The molecule has 1 unspecified atom stereocenters. The SMILES string of the molecule is Clc1cccc(NCC2CCCN2)c1-n1ccnc1.